The zero-order valence-electron chi connectivity index (χ0n) is 55.3. The Morgan fingerprint density at radius 2 is 0.465 bits per heavy atom. The summed E-state index contributed by atoms with van der Waals surface area (Å²) in [4.78, 5) is 72.1. The third-order valence-corrected chi connectivity index (χ3v) is 17.5. The Bertz CT molecular complexity index is 1650. The first kappa shape index (κ1) is 84.1. The van der Waals surface area contributed by atoms with Gasteiger partial charge in [0.25, 0.3) is 0 Å². The van der Waals surface area contributed by atoms with Gasteiger partial charge in [-0.2, -0.15) is 0 Å². The summed E-state index contributed by atoms with van der Waals surface area (Å²) in [6, 6.07) is 0. The molecule has 5 atom stereocenters. The third-order valence-electron chi connectivity index (χ3n) is 15.6. The van der Waals surface area contributed by atoms with Crippen molar-refractivity contribution in [2.45, 2.75) is 367 Å². The molecule has 0 bridgehead atoms. The highest BCUT2D eigenvalue weighted by Gasteiger charge is 2.30. The Morgan fingerprint density at radius 1 is 0.279 bits per heavy atom. The minimum absolute atomic E-state index is 0.105. The molecular weight excluding hydrogens is 1140 g/mol. The van der Waals surface area contributed by atoms with E-state index < -0.39 is 97.5 Å². The molecule has 0 heterocycles. The number of aliphatic hydroxyl groups is 1. The molecule has 0 radical (unpaired) electrons. The SMILES string of the molecule is CCCCCCCCCCCCCCCCCCCCC(=O)O[C@H](COC(=O)CCCCCCCCCCCCCCCC)COP(=O)(O)OC[C@@H](O)COP(=O)(O)OC[C@@H](COC(=O)CCCCCCC)OC(=O)CCCCCCCCCCC. The number of carbonyl (C=O) groups excluding carboxylic acids is 4. The summed E-state index contributed by atoms with van der Waals surface area (Å²) >= 11 is 0. The van der Waals surface area contributed by atoms with Gasteiger partial charge in [0.15, 0.2) is 12.2 Å². The number of rotatable bonds is 68. The van der Waals surface area contributed by atoms with E-state index in [1.807, 2.05) is 0 Å². The first-order chi connectivity index (χ1) is 41.7. The van der Waals surface area contributed by atoms with E-state index in [0.717, 1.165) is 96.3 Å². The number of ether oxygens (including phenoxy) is 4. The number of aliphatic hydroxyl groups excluding tert-OH is 1. The van der Waals surface area contributed by atoms with Crippen molar-refractivity contribution < 1.29 is 80.2 Å². The van der Waals surface area contributed by atoms with E-state index in [2.05, 4.69) is 27.7 Å². The highest BCUT2D eigenvalue weighted by Crippen LogP contribution is 2.45. The quantitative estimate of drug-likeness (QED) is 0.0222. The topological polar surface area (TPSA) is 237 Å². The second-order valence-corrected chi connectivity index (χ2v) is 27.1. The average Bonchev–Trinajstić information content (AvgIpc) is 3.52. The second-order valence-electron chi connectivity index (χ2n) is 24.2. The summed E-state index contributed by atoms with van der Waals surface area (Å²) < 4.78 is 67.9. The van der Waals surface area contributed by atoms with E-state index in [9.17, 15) is 43.2 Å². The van der Waals surface area contributed by atoms with Crippen molar-refractivity contribution in [1.82, 2.24) is 0 Å². The van der Waals surface area contributed by atoms with Crippen LogP contribution in [-0.2, 0) is 65.4 Å². The summed E-state index contributed by atoms with van der Waals surface area (Å²) in [5.74, 6) is -2.14. The number of hydrogen-bond acceptors (Lipinski definition) is 15. The third kappa shape index (κ3) is 60.9. The molecule has 2 unspecified atom stereocenters. The maximum atomic E-state index is 13.0. The van der Waals surface area contributed by atoms with E-state index in [1.54, 1.807) is 0 Å². The van der Waals surface area contributed by atoms with Gasteiger partial charge in [0, 0.05) is 25.7 Å². The zero-order chi connectivity index (χ0) is 63.3. The standard InChI is InChI=1S/C67H130O17P2/c1-5-9-13-17-20-23-25-27-29-30-31-32-34-36-39-42-46-50-54-67(72)84-63(58-78-65(70)52-48-44-40-38-35-33-28-26-24-21-18-14-10-6-2)60-82-86(75,76)80-56-61(68)55-79-85(73,74)81-59-62(57-77-64(69)51-47-43-16-12-8-4)83-66(71)53-49-45-41-37-22-19-15-11-7-3/h61-63,68H,5-60H2,1-4H3,(H,73,74)(H,75,76)/t61-,62+,63+/m0/s1. The lowest BCUT2D eigenvalue weighted by Crippen LogP contribution is -2.30. The van der Waals surface area contributed by atoms with E-state index in [4.69, 9.17) is 37.0 Å². The van der Waals surface area contributed by atoms with Crippen molar-refractivity contribution in [2.75, 3.05) is 39.6 Å². The largest absolute Gasteiger partial charge is 0.472 e. The smallest absolute Gasteiger partial charge is 0.462 e. The Labute approximate surface area is 524 Å². The van der Waals surface area contributed by atoms with E-state index in [1.165, 1.54) is 173 Å². The van der Waals surface area contributed by atoms with Crippen LogP contribution in [0.2, 0.25) is 0 Å². The number of unbranched alkanes of at least 4 members (excludes halogenated alkanes) is 42. The molecule has 0 fully saturated rings. The van der Waals surface area contributed by atoms with Crippen LogP contribution < -0.4 is 0 Å². The second kappa shape index (κ2) is 61.9. The van der Waals surface area contributed by atoms with Crippen LogP contribution in [0.5, 0.6) is 0 Å². The van der Waals surface area contributed by atoms with E-state index in [-0.39, 0.29) is 25.7 Å². The molecule has 0 rings (SSSR count). The van der Waals surface area contributed by atoms with E-state index in [0.29, 0.717) is 25.7 Å². The fraction of sp³-hybridized carbons (Fsp3) is 0.940. The van der Waals surface area contributed by atoms with Gasteiger partial charge in [0.05, 0.1) is 26.4 Å². The molecule has 0 amide bonds. The lowest BCUT2D eigenvalue weighted by atomic mass is 10.0. The van der Waals surface area contributed by atoms with Gasteiger partial charge in [0.2, 0.25) is 0 Å². The molecule has 0 aromatic carbocycles. The van der Waals surface area contributed by atoms with Crippen LogP contribution in [0.3, 0.4) is 0 Å². The van der Waals surface area contributed by atoms with Crippen LogP contribution in [0, 0.1) is 0 Å². The lowest BCUT2D eigenvalue weighted by molar-refractivity contribution is -0.161. The Kier molecular flexibility index (Phi) is 60.5. The first-order valence-electron chi connectivity index (χ1n) is 35.3. The Balaban J connectivity index is 5.14. The molecule has 19 heteroatoms. The summed E-state index contributed by atoms with van der Waals surface area (Å²) in [5, 5.41) is 10.5. The fourth-order valence-electron chi connectivity index (χ4n) is 10.2. The molecule has 0 spiro atoms. The first-order valence-corrected chi connectivity index (χ1v) is 38.3. The molecule has 3 N–H and O–H groups in total. The van der Waals surface area contributed by atoms with Crippen LogP contribution in [0.1, 0.15) is 349 Å². The summed E-state index contributed by atoms with van der Waals surface area (Å²) in [5.41, 5.74) is 0. The van der Waals surface area contributed by atoms with Gasteiger partial charge in [-0.05, 0) is 25.7 Å². The van der Waals surface area contributed by atoms with Gasteiger partial charge in [-0.1, -0.05) is 297 Å². The normalized spacial score (nSPS) is 14.1. The molecule has 0 aliphatic rings. The number of phosphoric acid groups is 2. The monoisotopic (exact) mass is 1270 g/mol. The number of esters is 4. The van der Waals surface area contributed by atoms with Gasteiger partial charge < -0.3 is 33.8 Å². The van der Waals surface area contributed by atoms with Crippen molar-refractivity contribution in [1.29, 1.82) is 0 Å². The molecule has 86 heavy (non-hydrogen) atoms. The molecule has 17 nitrogen and oxygen atoms in total. The average molecular weight is 1270 g/mol. The maximum Gasteiger partial charge on any atom is 0.472 e. The zero-order valence-corrected chi connectivity index (χ0v) is 57.1. The highest BCUT2D eigenvalue weighted by molar-refractivity contribution is 7.47. The van der Waals surface area contributed by atoms with Crippen molar-refractivity contribution in [3.8, 4) is 0 Å². The maximum absolute atomic E-state index is 13.0. The molecule has 0 saturated carbocycles. The molecular formula is C67H130O17P2. The van der Waals surface area contributed by atoms with Crippen LogP contribution in [0.25, 0.3) is 0 Å². The summed E-state index contributed by atoms with van der Waals surface area (Å²) in [7, 11) is -9.88. The van der Waals surface area contributed by atoms with E-state index >= 15 is 0 Å². The highest BCUT2D eigenvalue weighted by atomic mass is 31.2. The number of hydrogen-bond donors (Lipinski definition) is 3. The van der Waals surface area contributed by atoms with Gasteiger partial charge in [-0.25, -0.2) is 9.13 Å². The van der Waals surface area contributed by atoms with Gasteiger partial charge >= 0.3 is 39.5 Å². The van der Waals surface area contributed by atoms with Crippen molar-refractivity contribution in [3.05, 3.63) is 0 Å². The minimum atomic E-state index is -4.95. The summed E-state index contributed by atoms with van der Waals surface area (Å²) in [6.07, 6.45) is 49.0. The molecule has 0 aromatic heterocycles. The van der Waals surface area contributed by atoms with Crippen LogP contribution >= 0.6 is 15.6 Å². The van der Waals surface area contributed by atoms with Crippen molar-refractivity contribution in [2.24, 2.45) is 0 Å². The van der Waals surface area contributed by atoms with Gasteiger partial charge in [-0.3, -0.25) is 37.3 Å². The van der Waals surface area contributed by atoms with Crippen molar-refractivity contribution >= 4 is 39.5 Å². The number of carbonyl (C=O) groups is 4. The molecule has 0 aliphatic heterocycles. The van der Waals surface area contributed by atoms with Crippen LogP contribution in [0.15, 0.2) is 0 Å². The van der Waals surface area contributed by atoms with Gasteiger partial charge in [0.1, 0.15) is 19.3 Å². The molecule has 0 aliphatic carbocycles. The van der Waals surface area contributed by atoms with Crippen LogP contribution in [0.4, 0.5) is 0 Å². The summed E-state index contributed by atoms with van der Waals surface area (Å²) in [6.45, 7) is 4.82. The predicted octanol–water partition coefficient (Wildman–Crippen LogP) is 19.1. The Morgan fingerprint density at radius 3 is 0.686 bits per heavy atom. The molecule has 0 saturated heterocycles. The molecule has 0 aromatic rings. The van der Waals surface area contributed by atoms with Crippen molar-refractivity contribution in [3.63, 3.8) is 0 Å². The lowest BCUT2D eigenvalue weighted by Gasteiger charge is -2.21. The molecule has 510 valence electrons. The van der Waals surface area contributed by atoms with Gasteiger partial charge in [-0.15, -0.1) is 0 Å². The number of phosphoric ester groups is 2. The Hall–Kier alpha value is -1.94. The predicted molar refractivity (Wildman–Crippen MR) is 345 cm³/mol. The fourth-order valence-corrected chi connectivity index (χ4v) is 11.7. The minimum Gasteiger partial charge on any atom is -0.462 e. The van der Waals surface area contributed by atoms with Crippen LogP contribution in [-0.4, -0.2) is 96.7 Å².